The molecule has 0 radical (unpaired) electrons. The van der Waals surface area contributed by atoms with Crippen LogP contribution in [0.25, 0.3) is 11.0 Å². The maximum absolute atomic E-state index is 13.2. The minimum atomic E-state index is -0.194. The summed E-state index contributed by atoms with van der Waals surface area (Å²) in [6.07, 6.45) is 1.51. The third-order valence-electron chi connectivity index (χ3n) is 6.17. The van der Waals surface area contributed by atoms with Crippen molar-refractivity contribution >= 4 is 45.9 Å². The number of amides is 1. The molecule has 196 valence electrons. The minimum Gasteiger partial charge on any atom is -0.497 e. The van der Waals surface area contributed by atoms with Crippen LogP contribution in [0.1, 0.15) is 41.4 Å². The van der Waals surface area contributed by atoms with Crippen LogP contribution >= 0.6 is 11.8 Å². The maximum Gasteiger partial charge on any atom is 0.255 e. The lowest BCUT2D eigenvalue weighted by Gasteiger charge is -2.15. The summed E-state index contributed by atoms with van der Waals surface area (Å²) >= 11 is 1.58. The number of carbonyl (C=O) groups excluding carboxylic acids is 1. The minimum absolute atomic E-state index is 0.194. The number of nitrogens with one attached hydrogen (secondary N) is 2. The zero-order valence-corrected chi connectivity index (χ0v) is 23.0. The van der Waals surface area contributed by atoms with E-state index < -0.39 is 0 Å². The van der Waals surface area contributed by atoms with Crippen molar-refractivity contribution in [2.75, 3.05) is 17.7 Å². The van der Waals surface area contributed by atoms with E-state index in [0.29, 0.717) is 17.0 Å². The molecule has 0 spiro atoms. The number of aromatic nitrogens is 3. The van der Waals surface area contributed by atoms with Crippen LogP contribution in [-0.2, 0) is 0 Å². The molecule has 0 fully saturated rings. The Balaban J connectivity index is 1.51. The Morgan fingerprint density at radius 1 is 0.949 bits per heavy atom. The zero-order chi connectivity index (χ0) is 27.4. The first-order chi connectivity index (χ1) is 18.9. The van der Waals surface area contributed by atoms with E-state index in [9.17, 15) is 4.79 Å². The zero-order valence-electron chi connectivity index (χ0n) is 22.2. The molecule has 0 unspecified atom stereocenters. The van der Waals surface area contributed by atoms with Gasteiger partial charge in [-0.05, 0) is 85.1 Å². The lowest BCUT2D eigenvalue weighted by atomic mass is 10.1. The van der Waals surface area contributed by atoms with E-state index >= 15 is 0 Å². The second-order valence-corrected chi connectivity index (χ2v) is 10.5. The number of fused-ring (bicyclic) bond motifs is 1. The third kappa shape index (κ3) is 6.18. The number of anilines is 3. The predicted molar refractivity (Wildman–Crippen MR) is 157 cm³/mol. The fourth-order valence-corrected chi connectivity index (χ4v) is 4.94. The second-order valence-electron chi connectivity index (χ2n) is 9.42. The number of aryl methyl sites for hydroxylation is 1. The van der Waals surface area contributed by atoms with Crippen molar-refractivity contribution in [1.82, 2.24) is 15.0 Å². The molecular formula is C31H29N5O2S. The van der Waals surface area contributed by atoms with Gasteiger partial charge in [0.05, 0.1) is 18.2 Å². The van der Waals surface area contributed by atoms with E-state index in [-0.39, 0.29) is 11.8 Å². The molecule has 0 atom stereocenters. The van der Waals surface area contributed by atoms with Gasteiger partial charge in [-0.25, -0.2) is 15.0 Å². The highest BCUT2D eigenvalue weighted by molar-refractivity contribution is 7.99. The van der Waals surface area contributed by atoms with Gasteiger partial charge in [0.15, 0.2) is 5.65 Å². The fourth-order valence-electron chi connectivity index (χ4n) is 4.06. The number of methoxy groups -OCH3 is 1. The van der Waals surface area contributed by atoms with Gasteiger partial charge in [0.2, 0.25) is 0 Å². The molecule has 2 N–H and O–H groups in total. The highest BCUT2D eigenvalue weighted by atomic mass is 32.2. The summed E-state index contributed by atoms with van der Waals surface area (Å²) in [5.74, 6) is 1.51. The number of hydrogen-bond acceptors (Lipinski definition) is 7. The topological polar surface area (TPSA) is 89.0 Å². The molecule has 0 aliphatic rings. The first-order valence-electron chi connectivity index (χ1n) is 12.6. The predicted octanol–water partition coefficient (Wildman–Crippen LogP) is 7.61. The Kier molecular flexibility index (Phi) is 7.74. The van der Waals surface area contributed by atoms with Crippen molar-refractivity contribution in [3.8, 4) is 5.75 Å². The Labute approximate surface area is 232 Å². The van der Waals surface area contributed by atoms with E-state index in [1.54, 1.807) is 18.9 Å². The van der Waals surface area contributed by atoms with E-state index in [1.807, 2.05) is 85.8 Å². The standard InChI is InChI=1S/C31H29N5O2S/c1-19(2)26-14-13-25-29(35-26)32-18-33-30(25)36-27-17-21(31(37)34-22-7-5-6-20(3)16-22)8-15-28(27)39-24-11-9-23(38-4)10-12-24/h5-19H,1-4H3,(H,34,37)(H,32,33,35,36). The summed E-state index contributed by atoms with van der Waals surface area (Å²) in [5.41, 5.74) is 4.69. The number of benzene rings is 3. The summed E-state index contributed by atoms with van der Waals surface area (Å²) in [4.78, 5) is 28.8. The quantitative estimate of drug-likeness (QED) is 0.211. The first kappa shape index (κ1) is 26.2. The average Bonchev–Trinajstić information content (AvgIpc) is 2.94. The third-order valence-corrected chi connectivity index (χ3v) is 7.25. The van der Waals surface area contributed by atoms with Crippen molar-refractivity contribution in [2.45, 2.75) is 36.5 Å². The number of ether oxygens (including phenoxy) is 1. The van der Waals surface area contributed by atoms with Crippen LogP contribution in [0.5, 0.6) is 5.75 Å². The lowest BCUT2D eigenvalue weighted by Crippen LogP contribution is -2.12. The average molecular weight is 536 g/mol. The van der Waals surface area contributed by atoms with Crippen LogP contribution in [0.3, 0.4) is 0 Å². The van der Waals surface area contributed by atoms with Crippen molar-refractivity contribution in [2.24, 2.45) is 0 Å². The molecule has 0 bridgehead atoms. The van der Waals surface area contributed by atoms with Gasteiger partial charge in [-0.2, -0.15) is 0 Å². The fraction of sp³-hybridized carbons (Fsp3) is 0.161. The van der Waals surface area contributed by atoms with Crippen LogP contribution in [-0.4, -0.2) is 28.0 Å². The Morgan fingerprint density at radius 3 is 2.51 bits per heavy atom. The molecule has 0 saturated carbocycles. The highest BCUT2D eigenvalue weighted by Crippen LogP contribution is 2.37. The largest absolute Gasteiger partial charge is 0.497 e. The van der Waals surface area contributed by atoms with Crippen LogP contribution in [0, 0.1) is 6.92 Å². The van der Waals surface area contributed by atoms with Gasteiger partial charge >= 0.3 is 0 Å². The number of hydrogen-bond donors (Lipinski definition) is 2. The van der Waals surface area contributed by atoms with Gasteiger partial charge in [0, 0.05) is 26.7 Å². The van der Waals surface area contributed by atoms with Gasteiger partial charge in [0.25, 0.3) is 5.91 Å². The molecule has 0 aliphatic heterocycles. The van der Waals surface area contributed by atoms with Gasteiger partial charge in [0.1, 0.15) is 17.9 Å². The smallest absolute Gasteiger partial charge is 0.255 e. The summed E-state index contributed by atoms with van der Waals surface area (Å²) in [6.45, 7) is 6.20. The van der Waals surface area contributed by atoms with E-state index in [1.165, 1.54) is 6.33 Å². The van der Waals surface area contributed by atoms with Crippen LogP contribution in [0.2, 0.25) is 0 Å². The van der Waals surface area contributed by atoms with E-state index in [2.05, 4.69) is 34.4 Å². The molecule has 1 amide bonds. The molecule has 0 saturated heterocycles. The molecule has 3 aromatic carbocycles. The van der Waals surface area contributed by atoms with Gasteiger partial charge in [-0.3, -0.25) is 4.79 Å². The van der Waals surface area contributed by atoms with Crippen molar-refractivity contribution in [1.29, 1.82) is 0 Å². The Bertz CT molecular complexity index is 1640. The molecule has 39 heavy (non-hydrogen) atoms. The van der Waals surface area contributed by atoms with Crippen LogP contribution in [0.15, 0.2) is 95.0 Å². The monoisotopic (exact) mass is 535 g/mol. The summed E-state index contributed by atoms with van der Waals surface area (Å²) < 4.78 is 5.30. The molecule has 5 rings (SSSR count). The summed E-state index contributed by atoms with van der Waals surface area (Å²) in [6, 6.07) is 25.2. The molecular weight excluding hydrogens is 506 g/mol. The normalized spacial score (nSPS) is 11.0. The van der Waals surface area contributed by atoms with Gasteiger partial charge in [-0.15, -0.1) is 0 Å². The van der Waals surface area contributed by atoms with Gasteiger partial charge < -0.3 is 15.4 Å². The second kappa shape index (κ2) is 11.5. The van der Waals surface area contributed by atoms with Crippen LogP contribution in [0.4, 0.5) is 17.2 Å². The molecule has 8 heteroatoms. The number of nitrogens with zero attached hydrogens (tertiary/aromatic N) is 3. The summed E-state index contributed by atoms with van der Waals surface area (Å²) in [7, 11) is 1.65. The number of pyridine rings is 1. The number of rotatable bonds is 8. The first-order valence-corrected chi connectivity index (χ1v) is 13.4. The number of carbonyl (C=O) groups is 1. The van der Waals surface area contributed by atoms with E-state index in [0.717, 1.165) is 43.6 Å². The molecule has 5 aromatic rings. The lowest BCUT2D eigenvalue weighted by molar-refractivity contribution is 0.102. The molecule has 2 heterocycles. The Hall–Kier alpha value is -4.43. The van der Waals surface area contributed by atoms with Crippen LogP contribution < -0.4 is 15.4 Å². The Morgan fingerprint density at radius 2 is 1.77 bits per heavy atom. The molecule has 2 aromatic heterocycles. The van der Waals surface area contributed by atoms with Gasteiger partial charge in [-0.1, -0.05) is 37.7 Å². The van der Waals surface area contributed by atoms with Crippen molar-refractivity contribution in [3.63, 3.8) is 0 Å². The highest BCUT2D eigenvalue weighted by Gasteiger charge is 2.15. The molecule has 7 nitrogen and oxygen atoms in total. The maximum atomic E-state index is 13.2. The van der Waals surface area contributed by atoms with Crippen molar-refractivity contribution in [3.05, 3.63) is 102 Å². The molecule has 0 aliphatic carbocycles. The van der Waals surface area contributed by atoms with Crippen molar-refractivity contribution < 1.29 is 9.53 Å². The van der Waals surface area contributed by atoms with E-state index in [4.69, 9.17) is 9.72 Å². The SMILES string of the molecule is COc1ccc(Sc2ccc(C(=O)Nc3cccc(C)c3)cc2Nc2ncnc3nc(C(C)C)ccc23)cc1. The summed E-state index contributed by atoms with van der Waals surface area (Å²) in [5, 5.41) is 7.26.